The lowest BCUT2D eigenvalue weighted by atomic mass is 10.3. The SMILES string of the molecule is CCCCOC(CO[N+](=O)[O-])CO[N+](=O)[O-]. The molecule has 0 N–H and O–H groups in total. The number of rotatable bonds is 10. The van der Waals surface area contributed by atoms with Gasteiger partial charge in [-0.05, 0) is 6.42 Å². The zero-order valence-electron chi connectivity index (χ0n) is 8.87. The molecular formula is C7H14N2O7. The van der Waals surface area contributed by atoms with E-state index in [1.54, 1.807) is 0 Å². The molecule has 0 aliphatic heterocycles. The van der Waals surface area contributed by atoms with Crippen molar-refractivity contribution in [2.45, 2.75) is 25.9 Å². The van der Waals surface area contributed by atoms with Crippen LogP contribution >= 0.6 is 0 Å². The standard InChI is InChI=1S/C7H14N2O7/c1-2-3-4-14-7(5-15-8(10)11)6-16-9(12)13/h7H,2-6H2,1H3. The van der Waals surface area contributed by atoms with E-state index in [1.165, 1.54) is 0 Å². The van der Waals surface area contributed by atoms with Crippen LogP contribution in [0.25, 0.3) is 0 Å². The van der Waals surface area contributed by atoms with Crippen LogP contribution in [-0.2, 0) is 14.4 Å². The molecule has 0 saturated carbocycles. The Morgan fingerprint density at radius 1 is 1.12 bits per heavy atom. The quantitative estimate of drug-likeness (QED) is 0.310. The van der Waals surface area contributed by atoms with Crippen LogP contribution in [0.3, 0.4) is 0 Å². The molecule has 0 atom stereocenters. The number of hydrogen-bond acceptors (Lipinski definition) is 7. The van der Waals surface area contributed by atoms with Gasteiger partial charge in [-0.15, -0.1) is 20.2 Å². The molecule has 94 valence electrons. The van der Waals surface area contributed by atoms with E-state index >= 15 is 0 Å². The highest BCUT2D eigenvalue weighted by Crippen LogP contribution is 1.98. The Morgan fingerprint density at radius 2 is 1.62 bits per heavy atom. The number of ether oxygens (including phenoxy) is 1. The van der Waals surface area contributed by atoms with Gasteiger partial charge < -0.3 is 14.4 Å². The Bertz CT molecular complexity index is 205. The van der Waals surface area contributed by atoms with Gasteiger partial charge in [0.15, 0.2) is 0 Å². The Morgan fingerprint density at radius 3 is 2.00 bits per heavy atom. The van der Waals surface area contributed by atoms with Crippen molar-refractivity contribution in [3.05, 3.63) is 20.2 Å². The summed E-state index contributed by atoms with van der Waals surface area (Å²) < 4.78 is 5.12. The van der Waals surface area contributed by atoms with Crippen molar-refractivity contribution < 1.29 is 24.6 Å². The molecule has 0 bridgehead atoms. The van der Waals surface area contributed by atoms with Gasteiger partial charge in [0.2, 0.25) is 0 Å². The van der Waals surface area contributed by atoms with Crippen LogP contribution in [0.5, 0.6) is 0 Å². The van der Waals surface area contributed by atoms with Crippen LogP contribution in [0.1, 0.15) is 19.8 Å². The van der Waals surface area contributed by atoms with Gasteiger partial charge in [0.05, 0.1) is 0 Å². The minimum atomic E-state index is -0.984. The van der Waals surface area contributed by atoms with E-state index in [2.05, 4.69) is 9.68 Å². The van der Waals surface area contributed by atoms with Gasteiger partial charge in [-0.3, -0.25) is 0 Å². The highest BCUT2D eigenvalue weighted by molar-refractivity contribution is 4.53. The molecule has 0 aliphatic carbocycles. The second-order valence-electron chi connectivity index (χ2n) is 2.89. The molecule has 0 rings (SSSR count). The first kappa shape index (κ1) is 14.4. The Kier molecular flexibility index (Phi) is 7.76. The second-order valence-corrected chi connectivity index (χ2v) is 2.89. The van der Waals surface area contributed by atoms with Crippen molar-refractivity contribution >= 4 is 0 Å². The van der Waals surface area contributed by atoms with Crippen molar-refractivity contribution in [2.24, 2.45) is 0 Å². The van der Waals surface area contributed by atoms with Crippen molar-refractivity contribution in [2.75, 3.05) is 19.8 Å². The molecule has 9 heteroatoms. The second kappa shape index (κ2) is 8.65. The summed E-state index contributed by atoms with van der Waals surface area (Å²) in [6.45, 7) is 1.53. The van der Waals surface area contributed by atoms with Crippen molar-refractivity contribution in [3.63, 3.8) is 0 Å². The lowest BCUT2D eigenvalue weighted by molar-refractivity contribution is -0.768. The molecule has 0 aliphatic rings. The molecule has 9 nitrogen and oxygen atoms in total. The first-order valence-corrected chi connectivity index (χ1v) is 4.72. The van der Waals surface area contributed by atoms with Crippen molar-refractivity contribution in [1.82, 2.24) is 0 Å². The smallest absolute Gasteiger partial charge is 0.294 e. The van der Waals surface area contributed by atoms with Crippen molar-refractivity contribution in [1.29, 1.82) is 0 Å². The summed E-state index contributed by atoms with van der Waals surface area (Å²) in [7, 11) is 0. The minimum Gasteiger partial charge on any atom is -0.374 e. The molecule has 0 aromatic carbocycles. The largest absolute Gasteiger partial charge is 0.374 e. The molecule has 16 heavy (non-hydrogen) atoms. The van der Waals surface area contributed by atoms with Gasteiger partial charge in [0, 0.05) is 6.61 Å². The average Bonchev–Trinajstić information content (AvgIpc) is 2.21. The summed E-state index contributed by atoms with van der Waals surface area (Å²) in [5.41, 5.74) is 0. The van der Waals surface area contributed by atoms with E-state index < -0.39 is 16.3 Å². The van der Waals surface area contributed by atoms with Crippen molar-refractivity contribution in [3.8, 4) is 0 Å². The highest BCUT2D eigenvalue weighted by Gasteiger charge is 2.13. The van der Waals surface area contributed by atoms with Gasteiger partial charge in [-0.25, -0.2) is 0 Å². The normalized spacial score (nSPS) is 10.1. The highest BCUT2D eigenvalue weighted by atomic mass is 17.0. The van der Waals surface area contributed by atoms with E-state index in [1.807, 2.05) is 6.92 Å². The van der Waals surface area contributed by atoms with E-state index in [0.717, 1.165) is 12.8 Å². The van der Waals surface area contributed by atoms with Crippen LogP contribution in [0.15, 0.2) is 0 Å². The molecule has 0 fully saturated rings. The summed E-state index contributed by atoms with van der Waals surface area (Å²) in [6, 6.07) is 0. The molecule has 0 aromatic heterocycles. The minimum absolute atomic E-state index is 0.351. The van der Waals surface area contributed by atoms with E-state index in [-0.39, 0.29) is 13.2 Å². The molecule has 0 spiro atoms. The maximum absolute atomic E-state index is 9.92. The van der Waals surface area contributed by atoms with E-state index in [0.29, 0.717) is 6.61 Å². The van der Waals surface area contributed by atoms with Crippen LogP contribution < -0.4 is 0 Å². The zero-order chi connectivity index (χ0) is 12.4. The van der Waals surface area contributed by atoms with Crippen LogP contribution in [0.4, 0.5) is 0 Å². The third-order valence-corrected chi connectivity index (χ3v) is 1.58. The third kappa shape index (κ3) is 8.94. The summed E-state index contributed by atoms with van der Waals surface area (Å²) in [5.74, 6) is 0. The zero-order valence-corrected chi connectivity index (χ0v) is 8.87. The van der Waals surface area contributed by atoms with Gasteiger partial charge in [-0.1, -0.05) is 13.3 Å². The fraction of sp³-hybridized carbons (Fsp3) is 1.00. The fourth-order valence-corrected chi connectivity index (χ4v) is 0.827. The van der Waals surface area contributed by atoms with Gasteiger partial charge in [-0.2, -0.15) is 0 Å². The van der Waals surface area contributed by atoms with Gasteiger partial charge in [0.25, 0.3) is 10.2 Å². The number of unbranched alkanes of at least 4 members (excludes halogenated alkanes) is 1. The monoisotopic (exact) mass is 238 g/mol. The van der Waals surface area contributed by atoms with Gasteiger partial charge >= 0.3 is 0 Å². The van der Waals surface area contributed by atoms with Crippen LogP contribution in [0, 0.1) is 20.2 Å². The van der Waals surface area contributed by atoms with E-state index in [9.17, 15) is 20.2 Å². The topological polar surface area (TPSA) is 114 Å². The molecule has 0 aromatic rings. The lowest BCUT2D eigenvalue weighted by Gasteiger charge is -2.15. The average molecular weight is 238 g/mol. The van der Waals surface area contributed by atoms with E-state index in [4.69, 9.17) is 4.74 Å². The Balaban J connectivity index is 3.84. The molecule has 0 amide bonds. The Labute approximate surface area is 91.5 Å². The predicted molar refractivity (Wildman–Crippen MR) is 50.5 cm³/mol. The summed E-state index contributed by atoms with van der Waals surface area (Å²) in [6.07, 6.45) is 0.828. The number of hydrogen-bond donors (Lipinski definition) is 0. The fourth-order valence-electron chi connectivity index (χ4n) is 0.827. The summed E-state index contributed by atoms with van der Waals surface area (Å²) in [4.78, 5) is 28.0. The summed E-state index contributed by atoms with van der Waals surface area (Å²) >= 11 is 0. The molecule has 0 saturated heterocycles. The molecule has 0 radical (unpaired) electrons. The third-order valence-electron chi connectivity index (χ3n) is 1.58. The molecule has 0 heterocycles. The van der Waals surface area contributed by atoms with Crippen LogP contribution in [0.2, 0.25) is 0 Å². The maximum atomic E-state index is 9.92. The first-order valence-electron chi connectivity index (χ1n) is 4.72. The lowest BCUT2D eigenvalue weighted by Crippen LogP contribution is -2.28. The summed E-state index contributed by atoms with van der Waals surface area (Å²) in [5, 5.41) is 17.9. The predicted octanol–water partition coefficient (Wildman–Crippen LogP) is 0.588. The van der Waals surface area contributed by atoms with Gasteiger partial charge in [0.1, 0.15) is 19.3 Å². The first-order chi connectivity index (χ1) is 7.56. The van der Waals surface area contributed by atoms with Crippen LogP contribution in [-0.4, -0.2) is 36.1 Å². The number of nitrogens with zero attached hydrogens (tertiary/aromatic N) is 2. The molecule has 0 unspecified atom stereocenters. The maximum Gasteiger partial charge on any atom is 0.294 e. The molecular weight excluding hydrogens is 224 g/mol. The Hall–Kier alpha value is -1.64.